The van der Waals surface area contributed by atoms with Crippen molar-refractivity contribution in [3.8, 4) is 5.75 Å². The average Bonchev–Trinajstić information content (AvgIpc) is 2.44. The summed E-state index contributed by atoms with van der Waals surface area (Å²) >= 11 is 0. The molecule has 0 bridgehead atoms. The molecule has 0 saturated carbocycles. The molecule has 1 aliphatic heterocycles. The summed E-state index contributed by atoms with van der Waals surface area (Å²) in [7, 11) is 1.54. The van der Waals surface area contributed by atoms with Crippen LogP contribution in [0.3, 0.4) is 0 Å². The fourth-order valence-electron chi connectivity index (χ4n) is 2.46. The fraction of sp³-hybridized carbons (Fsp3) is 0.533. The Bertz CT molecular complexity index is 529. The summed E-state index contributed by atoms with van der Waals surface area (Å²) < 4.78 is 24.9. The Labute approximate surface area is 119 Å². The van der Waals surface area contributed by atoms with Crippen molar-refractivity contribution in [3.05, 3.63) is 28.6 Å². The summed E-state index contributed by atoms with van der Waals surface area (Å²) in [5, 5.41) is 4.28. The SMILES string of the molecule is COCOc1c(C)cc(C2=NNCCC2C)c(F)c1C. The van der Waals surface area contributed by atoms with E-state index in [1.54, 1.807) is 20.1 Å². The highest BCUT2D eigenvalue weighted by atomic mass is 19.1. The number of aryl methyl sites for hydroxylation is 1. The number of nitrogens with one attached hydrogen (secondary N) is 1. The van der Waals surface area contributed by atoms with Gasteiger partial charge in [-0.3, -0.25) is 0 Å². The number of hydrazone groups is 1. The maximum absolute atomic E-state index is 14.6. The minimum Gasteiger partial charge on any atom is -0.467 e. The molecule has 1 aromatic carbocycles. The van der Waals surface area contributed by atoms with Crippen molar-refractivity contribution in [2.45, 2.75) is 27.2 Å². The molecular formula is C15H21FN2O2. The van der Waals surface area contributed by atoms with Crippen LogP contribution in [0.4, 0.5) is 4.39 Å². The lowest BCUT2D eigenvalue weighted by Crippen LogP contribution is -2.28. The summed E-state index contributed by atoms with van der Waals surface area (Å²) in [6.07, 6.45) is 0.957. The lowest BCUT2D eigenvalue weighted by Gasteiger charge is -2.22. The van der Waals surface area contributed by atoms with Crippen LogP contribution in [0.15, 0.2) is 11.2 Å². The van der Waals surface area contributed by atoms with Crippen LogP contribution in [0.25, 0.3) is 0 Å². The fourth-order valence-corrected chi connectivity index (χ4v) is 2.46. The highest BCUT2D eigenvalue weighted by Gasteiger charge is 2.23. The third-order valence-corrected chi connectivity index (χ3v) is 3.58. The number of nitrogens with zero attached hydrogens (tertiary/aromatic N) is 1. The van der Waals surface area contributed by atoms with Crippen molar-refractivity contribution >= 4 is 5.71 Å². The molecule has 20 heavy (non-hydrogen) atoms. The number of rotatable bonds is 4. The van der Waals surface area contributed by atoms with E-state index in [0.717, 1.165) is 24.2 Å². The highest BCUT2D eigenvalue weighted by Crippen LogP contribution is 2.30. The third kappa shape index (κ3) is 2.77. The second-order valence-corrected chi connectivity index (χ2v) is 5.15. The Hall–Kier alpha value is -1.62. The van der Waals surface area contributed by atoms with Gasteiger partial charge in [0.1, 0.15) is 11.6 Å². The molecule has 2 rings (SSSR count). The van der Waals surface area contributed by atoms with Gasteiger partial charge in [-0.1, -0.05) is 6.92 Å². The molecule has 0 radical (unpaired) electrons. The summed E-state index contributed by atoms with van der Waals surface area (Å²) in [6, 6.07) is 1.80. The number of hydrogen-bond donors (Lipinski definition) is 1. The Morgan fingerprint density at radius 2 is 2.20 bits per heavy atom. The zero-order valence-electron chi connectivity index (χ0n) is 12.4. The topological polar surface area (TPSA) is 42.9 Å². The predicted molar refractivity (Wildman–Crippen MR) is 76.7 cm³/mol. The Morgan fingerprint density at radius 3 is 2.85 bits per heavy atom. The van der Waals surface area contributed by atoms with Gasteiger partial charge in [-0.25, -0.2) is 4.39 Å². The molecule has 1 N–H and O–H groups in total. The average molecular weight is 280 g/mol. The molecule has 0 saturated heterocycles. The summed E-state index contributed by atoms with van der Waals surface area (Å²) in [5.74, 6) is 0.524. The van der Waals surface area contributed by atoms with Gasteiger partial charge < -0.3 is 14.9 Å². The van der Waals surface area contributed by atoms with Gasteiger partial charge in [0.25, 0.3) is 0 Å². The van der Waals surface area contributed by atoms with E-state index in [9.17, 15) is 4.39 Å². The molecule has 110 valence electrons. The first-order valence-electron chi connectivity index (χ1n) is 6.78. The lowest BCUT2D eigenvalue weighted by atomic mass is 9.91. The monoisotopic (exact) mass is 280 g/mol. The van der Waals surface area contributed by atoms with Gasteiger partial charge in [0.05, 0.1) is 5.71 Å². The van der Waals surface area contributed by atoms with Crippen molar-refractivity contribution in [3.63, 3.8) is 0 Å². The molecule has 0 amide bonds. The van der Waals surface area contributed by atoms with Gasteiger partial charge in [0, 0.05) is 30.7 Å². The molecule has 0 fully saturated rings. The van der Waals surface area contributed by atoms with Gasteiger partial charge in [-0.05, 0) is 31.9 Å². The molecule has 1 heterocycles. The summed E-state index contributed by atoms with van der Waals surface area (Å²) in [4.78, 5) is 0. The van der Waals surface area contributed by atoms with Gasteiger partial charge in [0.2, 0.25) is 0 Å². The van der Waals surface area contributed by atoms with E-state index in [2.05, 4.69) is 17.5 Å². The number of halogens is 1. The molecule has 0 spiro atoms. The minimum atomic E-state index is -0.268. The normalized spacial score (nSPS) is 18.4. The second kappa shape index (κ2) is 6.22. The molecule has 0 aromatic heterocycles. The first-order valence-corrected chi connectivity index (χ1v) is 6.78. The Balaban J connectivity index is 2.43. The van der Waals surface area contributed by atoms with Gasteiger partial charge in [-0.2, -0.15) is 5.10 Å². The van der Waals surface area contributed by atoms with Crippen LogP contribution in [0.1, 0.15) is 30.0 Å². The number of hydrogen-bond acceptors (Lipinski definition) is 4. The van der Waals surface area contributed by atoms with Crippen LogP contribution in [0, 0.1) is 25.6 Å². The van der Waals surface area contributed by atoms with Crippen LogP contribution < -0.4 is 10.2 Å². The van der Waals surface area contributed by atoms with E-state index in [0.29, 0.717) is 16.9 Å². The maximum Gasteiger partial charge on any atom is 0.188 e. The molecule has 5 heteroatoms. The van der Waals surface area contributed by atoms with E-state index in [4.69, 9.17) is 9.47 Å². The first kappa shape index (κ1) is 14.8. The minimum absolute atomic E-state index is 0.110. The zero-order valence-corrected chi connectivity index (χ0v) is 12.4. The summed E-state index contributed by atoms with van der Waals surface area (Å²) in [6.45, 7) is 6.64. The quantitative estimate of drug-likeness (QED) is 0.862. The molecule has 1 aromatic rings. The van der Waals surface area contributed by atoms with E-state index in [1.807, 2.05) is 6.92 Å². The standard InChI is InChI=1S/C15H21FN2O2/c1-9-5-6-17-18-14(9)12-7-10(2)15(20-8-19-4)11(3)13(12)16/h7,9,17H,5-6,8H2,1-4H3. The third-order valence-electron chi connectivity index (χ3n) is 3.58. The van der Waals surface area contributed by atoms with Crippen molar-refractivity contribution in [1.29, 1.82) is 0 Å². The van der Waals surface area contributed by atoms with E-state index < -0.39 is 0 Å². The molecule has 4 nitrogen and oxygen atoms in total. The van der Waals surface area contributed by atoms with Crippen LogP contribution in [-0.4, -0.2) is 26.2 Å². The maximum atomic E-state index is 14.6. The van der Waals surface area contributed by atoms with Crippen LogP contribution in [-0.2, 0) is 4.74 Å². The number of benzene rings is 1. The van der Waals surface area contributed by atoms with E-state index in [-0.39, 0.29) is 18.5 Å². The van der Waals surface area contributed by atoms with Gasteiger partial charge in [-0.15, -0.1) is 0 Å². The number of ether oxygens (including phenoxy) is 2. The first-order chi connectivity index (χ1) is 9.56. The lowest BCUT2D eigenvalue weighted by molar-refractivity contribution is 0.0498. The molecule has 1 unspecified atom stereocenters. The van der Waals surface area contributed by atoms with Crippen molar-refractivity contribution < 1.29 is 13.9 Å². The van der Waals surface area contributed by atoms with Crippen LogP contribution in [0.5, 0.6) is 5.75 Å². The summed E-state index contributed by atoms with van der Waals surface area (Å²) in [5.41, 5.74) is 5.67. The second-order valence-electron chi connectivity index (χ2n) is 5.15. The predicted octanol–water partition coefficient (Wildman–Crippen LogP) is 2.76. The van der Waals surface area contributed by atoms with Crippen molar-refractivity contribution in [2.24, 2.45) is 11.0 Å². The van der Waals surface area contributed by atoms with E-state index >= 15 is 0 Å². The van der Waals surface area contributed by atoms with E-state index in [1.165, 1.54) is 0 Å². The Kier molecular flexibility index (Phi) is 4.60. The van der Waals surface area contributed by atoms with Gasteiger partial charge in [0.15, 0.2) is 6.79 Å². The van der Waals surface area contributed by atoms with Crippen LogP contribution >= 0.6 is 0 Å². The Morgan fingerprint density at radius 1 is 1.45 bits per heavy atom. The van der Waals surface area contributed by atoms with Crippen molar-refractivity contribution in [1.82, 2.24) is 5.43 Å². The zero-order chi connectivity index (χ0) is 14.7. The molecule has 1 atom stereocenters. The number of methoxy groups -OCH3 is 1. The van der Waals surface area contributed by atoms with Crippen molar-refractivity contribution in [2.75, 3.05) is 20.4 Å². The smallest absolute Gasteiger partial charge is 0.188 e. The largest absolute Gasteiger partial charge is 0.467 e. The molecule has 1 aliphatic rings. The van der Waals surface area contributed by atoms with Gasteiger partial charge >= 0.3 is 0 Å². The molecule has 0 aliphatic carbocycles. The van der Waals surface area contributed by atoms with Crippen LogP contribution in [0.2, 0.25) is 0 Å². The molecular weight excluding hydrogens is 259 g/mol. The highest BCUT2D eigenvalue weighted by molar-refractivity contribution is 6.03.